The number of hydrogen-bond donors (Lipinski definition) is 1. The maximum Gasteiger partial charge on any atom is 0.182 e. The molecule has 0 fully saturated rings. The first-order valence-corrected chi connectivity index (χ1v) is 7.54. The highest BCUT2D eigenvalue weighted by Gasteiger charge is 2.18. The molecule has 0 bridgehead atoms. The minimum absolute atomic E-state index is 0.00370. The van der Waals surface area contributed by atoms with Gasteiger partial charge in [-0.15, -0.1) is 0 Å². The van der Waals surface area contributed by atoms with Crippen molar-refractivity contribution in [1.82, 2.24) is 0 Å². The minimum Gasteiger partial charge on any atom is -0.326 e. The SMILES string of the molecule is NCc1cccc(CS(=O)(=O)c2ccc(F)cc2)c1F. The first-order valence-electron chi connectivity index (χ1n) is 5.88. The highest BCUT2D eigenvalue weighted by atomic mass is 32.2. The number of benzene rings is 2. The number of sulfone groups is 1. The molecule has 2 N–H and O–H groups in total. The molecule has 0 saturated heterocycles. The summed E-state index contributed by atoms with van der Waals surface area (Å²) in [6.07, 6.45) is 0. The second kappa shape index (κ2) is 5.68. The van der Waals surface area contributed by atoms with Crippen LogP contribution in [0.1, 0.15) is 11.1 Å². The van der Waals surface area contributed by atoms with E-state index in [1.54, 1.807) is 6.07 Å². The van der Waals surface area contributed by atoms with Crippen LogP contribution < -0.4 is 5.73 Å². The highest BCUT2D eigenvalue weighted by molar-refractivity contribution is 7.90. The van der Waals surface area contributed by atoms with Crippen molar-refractivity contribution in [3.63, 3.8) is 0 Å². The lowest BCUT2D eigenvalue weighted by molar-refractivity contribution is 0.581. The van der Waals surface area contributed by atoms with Crippen molar-refractivity contribution in [3.8, 4) is 0 Å². The minimum atomic E-state index is -3.73. The lowest BCUT2D eigenvalue weighted by atomic mass is 10.1. The second-order valence-corrected chi connectivity index (χ2v) is 6.30. The molecule has 0 spiro atoms. The summed E-state index contributed by atoms with van der Waals surface area (Å²) in [7, 11) is -3.73. The molecule has 2 rings (SSSR count). The predicted octanol–water partition coefficient (Wildman–Crippen LogP) is 2.40. The molecule has 6 heteroatoms. The molecule has 0 saturated carbocycles. The van der Waals surface area contributed by atoms with Gasteiger partial charge in [-0.3, -0.25) is 0 Å². The van der Waals surface area contributed by atoms with Crippen LogP contribution in [0.3, 0.4) is 0 Å². The molecule has 2 aromatic carbocycles. The van der Waals surface area contributed by atoms with Gasteiger partial charge in [0.05, 0.1) is 10.6 Å². The molecule has 20 heavy (non-hydrogen) atoms. The Morgan fingerprint density at radius 3 is 2.15 bits per heavy atom. The molecule has 0 aliphatic carbocycles. The van der Waals surface area contributed by atoms with Crippen molar-refractivity contribution in [1.29, 1.82) is 0 Å². The van der Waals surface area contributed by atoms with Gasteiger partial charge in [0.15, 0.2) is 9.84 Å². The zero-order valence-electron chi connectivity index (χ0n) is 10.5. The average Bonchev–Trinajstić information content (AvgIpc) is 2.41. The van der Waals surface area contributed by atoms with Crippen LogP contribution in [0, 0.1) is 11.6 Å². The van der Waals surface area contributed by atoms with Gasteiger partial charge in [0.2, 0.25) is 0 Å². The average molecular weight is 297 g/mol. The van der Waals surface area contributed by atoms with Crippen LogP contribution in [0.15, 0.2) is 47.4 Å². The van der Waals surface area contributed by atoms with Crippen molar-refractivity contribution in [2.24, 2.45) is 5.73 Å². The highest BCUT2D eigenvalue weighted by Crippen LogP contribution is 2.20. The van der Waals surface area contributed by atoms with Crippen LogP contribution in [0.4, 0.5) is 8.78 Å². The molecule has 0 atom stereocenters. The smallest absolute Gasteiger partial charge is 0.182 e. The van der Waals surface area contributed by atoms with Gasteiger partial charge in [-0.2, -0.15) is 0 Å². The fraction of sp³-hybridized carbons (Fsp3) is 0.143. The van der Waals surface area contributed by atoms with E-state index in [0.29, 0.717) is 0 Å². The van der Waals surface area contributed by atoms with Gasteiger partial charge < -0.3 is 5.73 Å². The van der Waals surface area contributed by atoms with Crippen molar-refractivity contribution < 1.29 is 17.2 Å². The Kier molecular flexibility index (Phi) is 4.15. The first kappa shape index (κ1) is 14.6. The molecule has 0 aliphatic heterocycles. The summed E-state index contributed by atoms with van der Waals surface area (Å²) in [6.45, 7) is -0.00370. The number of nitrogens with two attached hydrogens (primary N) is 1. The monoisotopic (exact) mass is 297 g/mol. The lowest BCUT2D eigenvalue weighted by Gasteiger charge is -2.08. The molecule has 0 heterocycles. The molecule has 2 aromatic rings. The van der Waals surface area contributed by atoms with Crippen molar-refractivity contribution in [3.05, 3.63) is 65.2 Å². The number of rotatable bonds is 4. The number of hydrogen-bond acceptors (Lipinski definition) is 3. The van der Waals surface area contributed by atoms with E-state index in [1.165, 1.54) is 12.1 Å². The second-order valence-electron chi connectivity index (χ2n) is 4.31. The van der Waals surface area contributed by atoms with E-state index in [-0.39, 0.29) is 22.6 Å². The van der Waals surface area contributed by atoms with Crippen LogP contribution in [0.25, 0.3) is 0 Å². The van der Waals surface area contributed by atoms with E-state index in [9.17, 15) is 17.2 Å². The van der Waals surface area contributed by atoms with E-state index in [1.807, 2.05) is 0 Å². The van der Waals surface area contributed by atoms with Gasteiger partial charge in [0, 0.05) is 17.7 Å². The third-order valence-corrected chi connectivity index (χ3v) is 4.58. The Hall–Kier alpha value is -1.79. The summed E-state index contributed by atoms with van der Waals surface area (Å²) in [4.78, 5) is -0.0450. The van der Waals surface area contributed by atoms with Crippen LogP contribution in [-0.4, -0.2) is 8.42 Å². The van der Waals surface area contributed by atoms with E-state index in [0.717, 1.165) is 24.3 Å². The normalized spacial score (nSPS) is 11.6. The van der Waals surface area contributed by atoms with Crippen molar-refractivity contribution in [2.45, 2.75) is 17.2 Å². The Bertz CT molecular complexity index is 712. The third-order valence-electron chi connectivity index (χ3n) is 2.90. The quantitative estimate of drug-likeness (QED) is 0.882. The Balaban J connectivity index is 2.36. The maximum atomic E-state index is 14.0. The van der Waals surface area contributed by atoms with Crippen molar-refractivity contribution in [2.75, 3.05) is 0 Å². The summed E-state index contributed by atoms with van der Waals surface area (Å²) in [5, 5.41) is 0. The Morgan fingerprint density at radius 1 is 0.950 bits per heavy atom. The number of halogens is 2. The van der Waals surface area contributed by atoms with Gasteiger partial charge in [-0.25, -0.2) is 17.2 Å². The van der Waals surface area contributed by atoms with Gasteiger partial charge in [0.25, 0.3) is 0 Å². The largest absolute Gasteiger partial charge is 0.326 e. The lowest BCUT2D eigenvalue weighted by Crippen LogP contribution is -2.09. The first-order chi connectivity index (χ1) is 9.44. The van der Waals surface area contributed by atoms with Gasteiger partial charge in [-0.05, 0) is 24.3 Å². The zero-order chi connectivity index (χ0) is 14.8. The fourth-order valence-electron chi connectivity index (χ4n) is 1.83. The van der Waals surface area contributed by atoms with Crippen LogP contribution in [0.5, 0.6) is 0 Å². The predicted molar refractivity (Wildman–Crippen MR) is 71.6 cm³/mol. The van der Waals surface area contributed by atoms with E-state index >= 15 is 0 Å². The van der Waals surface area contributed by atoms with Crippen LogP contribution in [-0.2, 0) is 22.1 Å². The molecule has 106 valence electrons. The molecule has 0 radical (unpaired) electrons. The Labute approximate surface area is 116 Å². The van der Waals surface area contributed by atoms with E-state index < -0.39 is 27.2 Å². The van der Waals surface area contributed by atoms with Gasteiger partial charge in [0.1, 0.15) is 11.6 Å². The molecular formula is C14H13F2NO2S. The molecular weight excluding hydrogens is 284 g/mol. The zero-order valence-corrected chi connectivity index (χ0v) is 11.3. The fourth-order valence-corrected chi connectivity index (χ4v) is 3.18. The Morgan fingerprint density at radius 2 is 1.55 bits per heavy atom. The van der Waals surface area contributed by atoms with Gasteiger partial charge in [-0.1, -0.05) is 18.2 Å². The third kappa shape index (κ3) is 3.02. The molecule has 0 aromatic heterocycles. The van der Waals surface area contributed by atoms with Crippen LogP contribution in [0.2, 0.25) is 0 Å². The van der Waals surface area contributed by atoms with E-state index in [4.69, 9.17) is 5.73 Å². The molecule has 0 amide bonds. The summed E-state index contributed by atoms with van der Waals surface area (Å²) < 4.78 is 51.1. The van der Waals surface area contributed by atoms with Crippen molar-refractivity contribution >= 4 is 9.84 Å². The van der Waals surface area contributed by atoms with E-state index in [2.05, 4.69) is 0 Å². The topological polar surface area (TPSA) is 60.2 Å². The summed E-state index contributed by atoms with van der Waals surface area (Å²) in [6, 6.07) is 8.89. The summed E-state index contributed by atoms with van der Waals surface area (Å²) in [5.41, 5.74) is 5.69. The summed E-state index contributed by atoms with van der Waals surface area (Å²) >= 11 is 0. The molecule has 0 aliphatic rings. The summed E-state index contributed by atoms with van der Waals surface area (Å²) in [5.74, 6) is -1.63. The van der Waals surface area contributed by atoms with Crippen LogP contribution >= 0.6 is 0 Å². The molecule has 0 unspecified atom stereocenters. The molecule has 3 nitrogen and oxygen atoms in total. The maximum absolute atomic E-state index is 14.0. The standard InChI is InChI=1S/C14H13F2NO2S/c15-12-4-6-13(7-5-12)20(18,19)9-11-3-1-2-10(8-17)14(11)16/h1-7H,8-9,17H2. The van der Waals surface area contributed by atoms with Gasteiger partial charge >= 0.3 is 0 Å².